The molecule has 0 saturated carbocycles. The average molecular weight is 316 g/mol. The Kier molecular flexibility index (Phi) is 4.18. The van der Waals surface area contributed by atoms with Crippen molar-refractivity contribution < 1.29 is 4.79 Å². The van der Waals surface area contributed by atoms with Gasteiger partial charge in [0, 0.05) is 27.5 Å². The fourth-order valence-electron chi connectivity index (χ4n) is 2.86. The van der Waals surface area contributed by atoms with Crippen LogP contribution in [0.25, 0.3) is 27.4 Å². The van der Waals surface area contributed by atoms with Crippen molar-refractivity contribution in [1.29, 1.82) is 0 Å². The highest BCUT2D eigenvalue weighted by atomic mass is 16.1. The monoisotopic (exact) mass is 316 g/mol. The summed E-state index contributed by atoms with van der Waals surface area (Å²) in [5.41, 5.74) is 13.5. The molecule has 0 aliphatic heterocycles. The van der Waals surface area contributed by atoms with Gasteiger partial charge in [0.15, 0.2) is 5.78 Å². The van der Waals surface area contributed by atoms with Gasteiger partial charge in [-0.1, -0.05) is 47.6 Å². The first kappa shape index (κ1) is 15.6. The minimum atomic E-state index is 0.0228. The van der Waals surface area contributed by atoms with E-state index in [2.05, 4.69) is 10.0 Å². The van der Waals surface area contributed by atoms with Crippen molar-refractivity contribution in [3.63, 3.8) is 0 Å². The third-order valence-electron chi connectivity index (χ3n) is 3.94. The smallest absolute Gasteiger partial charge is 0.161 e. The van der Waals surface area contributed by atoms with Crippen LogP contribution in [-0.4, -0.2) is 10.4 Å². The van der Waals surface area contributed by atoms with Gasteiger partial charge in [-0.25, -0.2) is 0 Å². The van der Waals surface area contributed by atoms with Gasteiger partial charge >= 0.3 is 0 Å². The van der Waals surface area contributed by atoms with Crippen LogP contribution in [0.4, 0.5) is 5.69 Å². The molecule has 0 atom stereocenters. The van der Waals surface area contributed by atoms with Gasteiger partial charge in [0.1, 0.15) is 0 Å². The highest BCUT2D eigenvalue weighted by Gasteiger charge is 2.17. The van der Waals surface area contributed by atoms with E-state index in [1.807, 2.05) is 66.1 Å². The molecule has 0 fully saturated rings. The predicted octanol–water partition coefficient (Wildman–Crippen LogP) is 5.60. The van der Waals surface area contributed by atoms with Gasteiger partial charge in [-0.3, -0.25) is 4.79 Å². The molecule has 0 N–H and O–H groups in total. The van der Waals surface area contributed by atoms with E-state index in [9.17, 15) is 4.79 Å². The summed E-state index contributed by atoms with van der Waals surface area (Å²) < 4.78 is 2.02. The number of hydrogen-bond acceptors (Lipinski definition) is 2. The van der Waals surface area contributed by atoms with Crippen LogP contribution >= 0.6 is 0 Å². The molecule has 0 aliphatic rings. The Bertz CT molecular complexity index is 951. The summed E-state index contributed by atoms with van der Waals surface area (Å²) in [6.07, 6.45) is 0. The highest BCUT2D eigenvalue weighted by Crippen LogP contribution is 2.31. The number of nitrogens with zero attached hydrogens (tertiary/aromatic N) is 4. The SMILES string of the molecule is CC(=O)c1cc(-c2ccccc2)n(-c2cccc(N=[N+]=[N-])c2)c1C. The number of carbonyl (C=O) groups excluding carboxylic acids is 1. The van der Waals surface area contributed by atoms with Crippen molar-refractivity contribution in [1.82, 2.24) is 4.57 Å². The minimum absolute atomic E-state index is 0.0228. The number of benzene rings is 2. The van der Waals surface area contributed by atoms with E-state index in [0.717, 1.165) is 22.6 Å². The first-order valence-electron chi connectivity index (χ1n) is 7.56. The average Bonchev–Trinajstić information content (AvgIpc) is 2.94. The molecule has 2 aromatic carbocycles. The molecular formula is C19H16N4O. The van der Waals surface area contributed by atoms with E-state index >= 15 is 0 Å². The Hall–Kier alpha value is -3.30. The Balaban J connectivity index is 2.28. The molecule has 3 rings (SSSR count). The van der Waals surface area contributed by atoms with Crippen LogP contribution < -0.4 is 0 Å². The number of ketones is 1. The number of aromatic nitrogens is 1. The maximum Gasteiger partial charge on any atom is 0.161 e. The van der Waals surface area contributed by atoms with Crippen LogP contribution in [0, 0.1) is 6.92 Å². The summed E-state index contributed by atoms with van der Waals surface area (Å²) in [7, 11) is 0. The second-order valence-corrected chi connectivity index (χ2v) is 5.50. The molecule has 3 aromatic rings. The van der Waals surface area contributed by atoms with E-state index < -0.39 is 0 Å². The molecular weight excluding hydrogens is 300 g/mol. The van der Waals surface area contributed by atoms with E-state index in [1.54, 1.807) is 13.0 Å². The van der Waals surface area contributed by atoms with Gasteiger partial charge in [-0.15, -0.1) is 0 Å². The summed E-state index contributed by atoms with van der Waals surface area (Å²) in [4.78, 5) is 14.8. The number of Topliss-reactive ketones (excluding diaryl/α,β-unsaturated/α-hetero) is 1. The fraction of sp³-hybridized carbons (Fsp3) is 0.105. The number of rotatable bonds is 4. The van der Waals surface area contributed by atoms with Crippen molar-refractivity contribution in [2.45, 2.75) is 13.8 Å². The van der Waals surface area contributed by atoms with Gasteiger partial charge in [0.25, 0.3) is 0 Å². The summed E-state index contributed by atoms with van der Waals surface area (Å²) in [6.45, 7) is 3.49. The van der Waals surface area contributed by atoms with Crippen LogP contribution in [0.3, 0.4) is 0 Å². The van der Waals surface area contributed by atoms with E-state index in [4.69, 9.17) is 5.53 Å². The molecule has 5 nitrogen and oxygen atoms in total. The van der Waals surface area contributed by atoms with Gasteiger partial charge in [-0.2, -0.15) is 0 Å². The molecule has 0 amide bonds. The second-order valence-electron chi connectivity index (χ2n) is 5.50. The molecule has 0 radical (unpaired) electrons. The van der Waals surface area contributed by atoms with E-state index in [1.165, 1.54) is 0 Å². The number of azide groups is 1. The standard InChI is InChI=1S/C19H16N4O/c1-13-18(14(2)24)12-19(15-7-4-3-5-8-15)23(13)17-10-6-9-16(11-17)21-22-20/h3-12H,1-2H3. The molecule has 1 heterocycles. The molecule has 0 spiro atoms. The first-order valence-corrected chi connectivity index (χ1v) is 7.56. The van der Waals surface area contributed by atoms with Crippen molar-refractivity contribution in [2.24, 2.45) is 5.11 Å². The Labute approximate surface area is 139 Å². The van der Waals surface area contributed by atoms with Crippen molar-refractivity contribution in [3.05, 3.63) is 82.4 Å². The van der Waals surface area contributed by atoms with Gasteiger partial charge in [0.2, 0.25) is 0 Å². The zero-order valence-electron chi connectivity index (χ0n) is 13.5. The lowest BCUT2D eigenvalue weighted by molar-refractivity contribution is 0.101. The molecule has 0 bridgehead atoms. The Morgan fingerprint density at radius 2 is 1.83 bits per heavy atom. The van der Waals surface area contributed by atoms with Crippen molar-refractivity contribution in [3.8, 4) is 16.9 Å². The lowest BCUT2D eigenvalue weighted by Gasteiger charge is -2.13. The Morgan fingerprint density at radius 1 is 1.08 bits per heavy atom. The largest absolute Gasteiger partial charge is 0.313 e. The van der Waals surface area contributed by atoms with Crippen molar-refractivity contribution in [2.75, 3.05) is 0 Å². The predicted molar refractivity (Wildman–Crippen MR) is 94.8 cm³/mol. The highest BCUT2D eigenvalue weighted by molar-refractivity contribution is 5.97. The molecule has 0 saturated heterocycles. The fourth-order valence-corrected chi connectivity index (χ4v) is 2.86. The minimum Gasteiger partial charge on any atom is -0.313 e. The lowest BCUT2D eigenvalue weighted by Crippen LogP contribution is -2.01. The molecule has 1 aromatic heterocycles. The van der Waals surface area contributed by atoms with Crippen LogP contribution in [-0.2, 0) is 0 Å². The van der Waals surface area contributed by atoms with Gasteiger partial charge in [-0.05, 0) is 43.1 Å². The number of carbonyl (C=O) groups is 1. The van der Waals surface area contributed by atoms with Crippen LogP contribution in [0.5, 0.6) is 0 Å². The molecule has 118 valence electrons. The zero-order chi connectivity index (χ0) is 17.1. The quantitative estimate of drug-likeness (QED) is 0.267. The first-order chi connectivity index (χ1) is 11.6. The van der Waals surface area contributed by atoms with E-state index in [-0.39, 0.29) is 5.78 Å². The lowest BCUT2D eigenvalue weighted by atomic mass is 10.1. The molecule has 24 heavy (non-hydrogen) atoms. The third-order valence-corrected chi connectivity index (χ3v) is 3.94. The summed E-state index contributed by atoms with van der Waals surface area (Å²) in [5.74, 6) is 0.0228. The third kappa shape index (κ3) is 2.81. The zero-order valence-corrected chi connectivity index (χ0v) is 13.5. The number of hydrogen-bond donors (Lipinski definition) is 0. The summed E-state index contributed by atoms with van der Waals surface area (Å²) in [5, 5.41) is 3.67. The normalized spacial score (nSPS) is 10.2. The summed E-state index contributed by atoms with van der Waals surface area (Å²) in [6, 6.07) is 19.1. The maximum absolute atomic E-state index is 12.0. The topological polar surface area (TPSA) is 70.8 Å². The second kappa shape index (κ2) is 6.44. The van der Waals surface area contributed by atoms with Crippen LogP contribution in [0.2, 0.25) is 0 Å². The molecule has 5 heteroatoms. The van der Waals surface area contributed by atoms with Crippen LogP contribution in [0.15, 0.2) is 65.8 Å². The summed E-state index contributed by atoms with van der Waals surface area (Å²) >= 11 is 0. The molecule has 0 aliphatic carbocycles. The van der Waals surface area contributed by atoms with Crippen molar-refractivity contribution >= 4 is 11.5 Å². The van der Waals surface area contributed by atoms with Crippen LogP contribution in [0.1, 0.15) is 23.0 Å². The maximum atomic E-state index is 12.0. The van der Waals surface area contributed by atoms with E-state index in [0.29, 0.717) is 11.3 Å². The Morgan fingerprint density at radius 3 is 2.50 bits per heavy atom. The van der Waals surface area contributed by atoms with Gasteiger partial charge < -0.3 is 4.57 Å². The van der Waals surface area contributed by atoms with Gasteiger partial charge in [0.05, 0.1) is 5.69 Å². The molecule has 0 unspecified atom stereocenters.